The Hall–Kier alpha value is -1.03. The molecule has 0 amide bonds. The van der Waals surface area contributed by atoms with Gasteiger partial charge >= 0.3 is 0 Å². The second-order valence-electron chi connectivity index (χ2n) is 5.28. The van der Waals surface area contributed by atoms with E-state index in [1.54, 1.807) is 0 Å². The first kappa shape index (κ1) is 11.1. The fraction of sp³-hybridized carbons (Fsp3) is 0.769. The molecule has 0 radical (unpaired) electrons. The lowest BCUT2D eigenvalue weighted by atomic mass is 10.1. The fourth-order valence-electron chi connectivity index (χ4n) is 2.62. The van der Waals surface area contributed by atoms with Gasteiger partial charge in [0.2, 0.25) is 0 Å². The average Bonchev–Trinajstić information content (AvgIpc) is 3.04. The lowest BCUT2D eigenvalue weighted by molar-refractivity contribution is 0.420. The molecule has 2 heterocycles. The summed E-state index contributed by atoms with van der Waals surface area (Å²) < 4.78 is 2.01. The predicted molar refractivity (Wildman–Crippen MR) is 69.3 cm³/mol. The number of hydrogen-bond donors (Lipinski definition) is 1. The summed E-state index contributed by atoms with van der Waals surface area (Å²) in [5, 5.41) is 8.11. The van der Waals surface area contributed by atoms with Crippen LogP contribution in [0.2, 0.25) is 0 Å². The number of aryl methyl sites for hydroxylation is 1. The van der Waals surface area contributed by atoms with E-state index >= 15 is 0 Å². The van der Waals surface area contributed by atoms with Crippen LogP contribution in [0.25, 0.3) is 0 Å². The number of rotatable bonds is 4. The summed E-state index contributed by atoms with van der Waals surface area (Å²) in [6.07, 6.45) is 9.55. The topological polar surface area (TPSA) is 33.1 Å². The Labute approximate surface area is 103 Å². The minimum atomic E-state index is 0.682. The largest absolute Gasteiger partial charge is 0.367 e. The van der Waals surface area contributed by atoms with E-state index in [9.17, 15) is 0 Å². The summed E-state index contributed by atoms with van der Waals surface area (Å²) in [5.41, 5.74) is 1.29. The van der Waals surface area contributed by atoms with Crippen LogP contribution in [0, 0.1) is 0 Å². The van der Waals surface area contributed by atoms with E-state index in [1.165, 1.54) is 37.9 Å². The second-order valence-corrected chi connectivity index (χ2v) is 5.28. The van der Waals surface area contributed by atoms with Crippen molar-refractivity contribution in [2.45, 2.75) is 51.2 Å². The van der Waals surface area contributed by atoms with E-state index in [1.807, 2.05) is 10.9 Å². The first-order valence-electron chi connectivity index (χ1n) is 6.88. The number of nitrogens with one attached hydrogen (secondary N) is 1. The van der Waals surface area contributed by atoms with Gasteiger partial charge in [-0.25, -0.2) is 0 Å². The number of piperidine rings is 1. The summed E-state index contributed by atoms with van der Waals surface area (Å²) in [6.45, 7) is 5.41. The van der Waals surface area contributed by atoms with Gasteiger partial charge in [-0.05, 0) is 32.6 Å². The quantitative estimate of drug-likeness (QED) is 0.859. The van der Waals surface area contributed by atoms with Crippen LogP contribution >= 0.6 is 0 Å². The smallest absolute Gasteiger partial charge is 0.0753 e. The van der Waals surface area contributed by atoms with Crippen molar-refractivity contribution in [1.82, 2.24) is 15.1 Å². The van der Waals surface area contributed by atoms with E-state index in [0.717, 1.165) is 19.1 Å². The average molecular weight is 234 g/mol. The summed E-state index contributed by atoms with van der Waals surface area (Å²) >= 11 is 0. The molecule has 1 aliphatic carbocycles. The van der Waals surface area contributed by atoms with Gasteiger partial charge in [0, 0.05) is 37.9 Å². The van der Waals surface area contributed by atoms with Gasteiger partial charge in [0.15, 0.2) is 0 Å². The van der Waals surface area contributed by atoms with Gasteiger partial charge in [-0.2, -0.15) is 5.10 Å². The van der Waals surface area contributed by atoms with Crippen LogP contribution in [0.5, 0.6) is 0 Å². The van der Waals surface area contributed by atoms with Crippen LogP contribution in [-0.2, 0) is 6.54 Å². The highest BCUT2D eigenvalue weighted by Gasteiger charge is 2.27. The molecule has 2 fully saturated rings. The molecule has 1 atom stereocenters. The van der Waals surface area contributed by atoms with Crippen LogP contribution < -0.4 is 10.2 Å². The number of aromatic nitrogens is 2. The standard InChI is InChI=1S/C13H22N4/c1-2-17-10-13(8-14-17)16-7-3-4-12(9-16)15-11-5-6-11/h8,10-12,15H,2-7,9H2,1H3. The Morgan fingerprint density at radius 3 is 2.94 bits per heavy atom. The van der Waals surface area contributed by atoms with Crippen LogP contribution in [0.1, 0.15) is 32.6 Å². The zero-order chi connectivity index (χ0) is 11.7. The molecule has 0 bridgehead atoms. The molecule has 17 heavy (non-hydrogen) atoms. The van der Waals surface area contributed by atoms with Gasteiger partial charge in [-0.1, -0.05) is 0 Å². The Balaban J connectivity index is 1.61. The van der Waals surface area contributed by atoms with Gasteiger partial charge < -0.3 is 10.2 Å². The third-order valence-corrected chi connectivity index (χ3v) is 3.78. The van der Waals surface area contributed by atoms with Crippen LogP contribution in [0.3, 0.4) is 0 Å². The van der Waals surface area contributed by atoms with Crippen molar-refractivity contribution in [2.24, 2.45) is 0 Å². The summed E-state index contributed by atoms with van der Waals surface area (Å²) in [7, 11) is 0. The molecular weight excluding hydrogens is 212 g/mol. The molecule has 94 valence electrons. The minimum absolute atomic E-state index is 0.682. The molecule has 0 spiro atoms. The number of nitrogens with zero attached hydrogens (tertiary/aromatic N) is 3. The molecule has 4 nitrogen and oxygen atoms in total. The molecule has 1 aromatic heterocycles. The van der Waals surface area contributed by atoms with Crippen molar-refractivity contribution in [3.05, 3.63) is 12.4 Å². The highest BCUT2D eigenvalue weighted by Crippen LogP contribution is 2.24. The molecule has 2 aliphatic rings. The maximum atomic E-state index is 4.36. The van der Waals surface area contributed by atoms with E-state index in [0.29, 0.717) is 6.04 Å². The predicted octanol–water partition coefficient (Wildman–Crippen LogP) is 1.62. The third-order valence-electron chi connectivity index (χ3n) is 3.78. The zero-order valence-electron chi connectivity index (χ0n) is 10.6. The molecule has 1 N–H and O–H groups in total. The van der Waals surface area contributed by atoms with Gasteiger partial charge in [-0.3, -0.25) is 4.68 Å². The molecule has 1 saturated carbocycles. The Kier molecular flexibility index (Phi) is 3.05. The molecule has 3 rings (SSSR count). The van der Waals surface area contributed by atoms with Crippen LogP contribution in [-0.4, -0.2) is 35.0 Å². The Bertz CT molecular complexity index is 369. The summed E-state index contributed by atoms with van der Waals surface area (Å²) in [5.74, 6) is 0. The Morgan fingerprint density at radius 2 is 2.24 bits per heavy atom. The molecule has 1 aliphatic heterocycles. The molecule has 4 heteroatoms. The molecular formula is C13H22N4. The summed E-state index contributed by atoms with van der Waals surface area (Å²) in [4.78, 5) is 2.47. The van der Waals surface area contributed by atoms with E-state index < -0.39 is 0 Å². The SMILES string of the molecule is CCn1cc(N2CCCC(NC3CC3)C2)cn1. The van der Waals surface area contributed by atoms with Crippen LogP contribution in [0.4, 0.5) is 5.69 Å². The van der Waals surface area contributed by atoms with Crippen molar-refractivity contribution in [3.63, 3.8) is 0 Å². The molecule has 1 unspecified atom stereocenters. The maximum Gasteiger partial charge on any atom is 0.0753 e. The van der Waals surface area contributed by atoms with Gasteiger partial charge in [-0.15, -0.1) is 0 Å². The number of hydrogen-bond acceptors (Lipinski definition) is 3. The maximum absolute atomic E-state index is 4.36. The Morgan fingerprint density at radius 1 is 1.35 bits per heavy atom. The molecule has 1 aromatic rings. The zero-order valence-corrected chi connectivity index (χ0v) is 10.6. The number of anilines is 1. The highest BCUT2D eigenvalue weighted by molar-refractivity contribution is 5.43. The highest BCUT2D eigenvalue weighted by atomic mass is 15.3. The lowest BCUT2D eigenvalue weighted by Gasteiger charge is -2.34. The third kappa shape index (κ3) is 2.63. The fourth-order valence-corrected chi connectivity index (χ4v) is 2.62. The first-order chi connectivity index (χ1) is 8.35. The van der Waals surface area contributed by atoms with Crippen molar-refractivity contribution in [3.8, 4) is 0 Å². The normalized spacial score (nSPS) is 25.2. The van der Waals surface area contributed by atoms with Gasteiger partial charge in [0.05, 0.1) is 11.9 Å². The van der Waals surface area contributed by atoms with Gasteiger partial charge in [0.25, 0.3) is 0 Å². The molecule has 0 aromatic carbocycles. The molecule has 1 saturated heterocycles. The van der Waals surface area contributed by atoms with Gasteiger partial charge in [0.1, 0.15) is 0 Å². The van der Waals surface area contributed by atoms with E-state index in [4.69, 9.17) is 0 Å². The van der Waals surface area contributed by atoms with Crippen molar-refractivity contribution < 1.29 is 0 Å². The van der Waals surface area contributed by atoms with E-state index in [-0.39, 0.29) is 0 Å². The van der Waals surface area contributed by atoms with Crippen molar-refractivity contribution in [2.75, 3.05) is 18.0 Å². The monoisotopic (exact) mass is 234 g/mol. The summed E-state index contributed by atoms with van der Waals surface area (Å²) in [6, 6.07) is 1.50. The lowest BCUT2D eigenvalue weighted by Crippen LogP contribution is -2.46. The van der Waals surface area contributed by atoms with Crippen LogP contribution in [0.15, 0.2) is 12.4 Å². The van der Waals surface area contributed by atoms with Crippen molar-refractivity contribution in [1.29, 1.82) is 0 Å². The first-order valence-corrected chi connectivity index (χ1v) is 6.88. The second kappa shape index (κ2) is 4.69. The van der Waals surface area contributed by atoms with Crippen molar-refractivity contribution >= 4 is 5.69 Å². The van der Waals surface area contributed by atoms with E-state index in [2.05, 4.69) is 28.4 Å². The minimum Gasteiger partial charge on any atom is -0.367 e.